The second-order valence-corrected chi connectivity index (χ2v) is 6.71. The number of amides is 1. The zero-order valence-corrected chi connectivity index (χ0v) is 13.8. The van der Waals surface area contributed by atoms with Crippen molar-refractivity contribution in [2.24, 2.45) is 0 Å². The Morgan fingerprint density at radius 1 is 1.35 bits per heavy atom. The molecule has 0 unspecified atom stereocenters. The smallest absolute Gasteiger partial charge is 0.222 e. The van der Waals surface area contributed by atoms with Gasteiger partial charge in [0.2, 0.25) is 5.91 Å². The molecule has 2 heterocycles. The predicted molar refractivity (Wildman–Crippen MR) is 85.6 cm³/mol. The topological polar surface area (TPSA) is 74.5 Å². The molecule has 7 nitrogen and oxygen atoms in total. The standard InChI is InChI=1S/C16H27N5O2/c1-19(15(22)5-4-10-21-12-17-11-18-21)13-6-7-14(16(13)23)20-8-2-3-9-20/h11-14,16,23H,2-10H2,1H3/t13-,14-,16-/m1/s1. The molecule has 0 bridgehead atoms. The first-order chi connectivity index (χ1) is 11.2. The van der Waals surface area contributed by atoms with E-state index in [0.717, 1.165) is 32.4 Å². The van der Waals surface area contributed by atoms with Crippen LogP contribution in [0.1, 0.15) is 38.5 Å². The van der Waals surface area contributed by atoms with Crippen molar-refractivity contribution in [1.29, 1.82) is 0 Å². The van der Waals surface area contributed by atoms with Gasteiger partial charge in [0, 0.05) is 26.1 Å². The van der Waals surface area contributed by atoms with E-state index in [1.807, 2.05) is 7.05 Å². The van der Waals surface area contributed by atoms with Crippen LogP contribution < -0.4 is 0 Å². The quantitative estimate of drug-likeness (QED) is 0.826. The predicted octanol–water partition coefficient (Wildman–Crippen LogP) is 0.504. The summed E-state index contributed by atoms with van der Waals surface area (Å²) < 4.78 is 1.74. The molecule has 1 N–H and O–H groups in total. The molecule has 2 aliphatic rings. The highest BCUT2D eigenvalue weighted by Crippen LogP contribution is 2.30. The number of nitrogens with zero attached hydrogens (tertiary/aromatic N) is 5. The summed E-state index contributed by atoms with van der Waals surface area (Å²) in [6.07, 6.45) is 8.30. The fraction of sp³-hybridized carbons (Fsp3) is 0.812. The molecule has 128 valence electrons. The van der Waals surface area contributed by atoms with Crippen LogP contribution in [0.2, 0.25) is 0 Å². The summed E-state index contributed by atoms with van der Waals surface area (Å²) in [5.41, 5.74) is 0. The molecule has 1 aromatic heterocycles. The van der Waals surface area contributed by atoms with Gasteiger partial charge in [-0.25, -0.2) is 4.98 Å². The van der Waals surface area contributed by atoms with Crippen LogP contribution in [0.4, 0.5) is 0 Å². The van der Waals surface area contributed by atoms with Crippen molar-refractivity contribution in [3.8, 4) is 0 Å². The largest absolute Gasteiger partial charge is 0.389 e. The fourth-order valence-corrected chi connectivity index (χ4v) is 3.94. The number of aliphatic hydroxyl groups excluding tert-OH is 1. The summed E-state index contributed by atoms with van der Waals surface area (Å²) in [7, 11) is 1.83. The Bertz CT molecular complexity index is 501. The summed E-state index contributed by atoms with van der Waals surface area (Å²) in [6, 6.07) is 0.187. The third-order valence-corrected chi connectivity index (χ3v) is 5.29. The van der Waals surface area contributed by atoms with E-state index >= 15 is 0 Å². The van der Waals surface area contributed by atoms with E-state index in [2.05, 4.69) is 15.0 Å². The van der Waals surface area contributed by atoms with Crippen LogP contribution in [0.3, 0.4) is 0 Å². The molecular weight excluding hydrogens is 294 g/mol. The maximum Gasteiger partial charge on any atom is 0.222 e. The van der Waals surface area contributed by atoms with E-state index in [1.54, 1.807) is 15.9 Å². The molecule has 1 aromatic rings. The maximum atomic E-state index is 12.4. The lowest BCUT2D eigenvalue weighted by atomic mass is 10.1. The van der Waals surface area contributed by atoms with E-state index in [0.29, 0.717) is 13.0 Å². The van der Waals surface area contributed by atoms with Crippen molar-refractivity contribution >= 4 is 5.91 Å². The number of carbonyl (C=O) groups is 1. The number of rotatable bonds is 6. The molecule has 23 heavy (non-hydrogen) atoms. The Balaban J connectivity index is 1.47. The molecule has 1 amide bonds. The minimum atomic E-state index is -0.419. The minimum Gasteiger partial charge on any atom is -0.389 e. The number of aromatic nitrogens is 3. The molecular formula is C16H27N5O2. The van der Waals surface area contributed by atoms with Crippen molar-refractivity contribution in [3.63, 3.8) is 0 Å². The fourth-order valence-electron chi connectivity index (χ4n) is 3.94. The Labute approximate surface area is 137 Å². The summed E-state index contributed by atoms with van der Waals surface area (Å²) in [5, 5.41) is 14.7. The van der Waals surface area contributed by atoms with E-state index in [1.165, 1.54) is 19.2 Å². The zero-order chi connectivity index (χ0) is 16.2. The molecule has 7 heteroatoms. The average molecular weight is 321 g/mol. The third kappa shape index (κ3) is 3.72. The van der Waals surface area contributed by atoms with Crippen LogP contribution in [-0.2, 0) is 11.3 Å². The van der Waals surface area contributed by atoms with E-state index in [-0.39, 0.29) is 18.0 Å². The van der Waals surface area contributed by atoms with Crippen molar-refractivity contribution in [2.75, 3.05) is 20.1 Å². The Morgan fingerprint density at radius 2 is 2.13 bits per heavy atom. The van der Waals surface area contributed by atoms with Crippen LogP contribution in [0.15, 0.2) is 12.7 Å². The number of hydrogen-bond donors (Lipinski definition) is 1. The molecule has 2 fully saturated rings. The monoisotopic (exact) mass is 321 g/mol. The summed E-state index contributed by atoms with van der Waals surface area (Å²) >= 11 is 0. The van der Waals surface area contributed by atoms with Crippen LogP contribution in [0.5, 0.6) is 0 Å². The lowest BCUT2D eigenvalue weighted by Gasteiger charge is -2.32. The summed E-state index contributed by atoms with van der Waals surface area (Å²) in [6.45, 7) is 2.87. The molecule has 0 radical (unpaired) electrons. The summed E-state index contributed by atoms with van der Waals surface area (Å²) in [4.78, 5) is 20.4. The maximum absolute atomic E-state index is 12.4. The Kier molecular flexibility index (Phi) is 5.27. The van der Waals surface area contributed by atoms with Crippen LogP contribution in [-0.4, -0.2) is 73.9 Å². The van der Waals surface area contributed by atoms with Gasteiger partial charge < -0.3 is 10.0 Å². The summed E-state index contributed by atoms with van der Waals surface area (Å²) in [5.74, 6) is 0.108. The normalized spacial score (nSPS) is 28.3. The van der Waals surface area contributed by atoms with E-state index in [9.17, 15) is 9.90 Å². The van der Waals surface area contributed by atoms with Gasteiger partial charge in [-0.1, -0.05) is 0 Å². The molecule has 1 saturated heterocycles. The van der Waals surface area contributed by atoms with Crippen molar-refractivity contribution in [2.45, 2.75) is 63.3 Å². The molecule has 1 saturated carbocycles. The first-order valence-electron chi connectivity index (χ1n) is 8.67. The van der Waals surface area contributed by atoms with Gasteiger partial charge in [-0.2, -0.15) is 5.10 Å². The number of likely N-dealkylation sites (N-methyl/N-ethyl adjacent to an activating group) is 1. The number of carbonyl (C=O) groups excluding carboxylic acids is 1. The lowest BCUT2D eigenvalue weighted by Crippen LogP contribution is -2.48. The van der Waals surface area contributed by atoms with Gasteiger partial charge in [-0.05, 0) is 45.2 Å². The van der Waals surface area contributed by atoms with Crippen molar-refractivity contribution < 1.29 is 9.90 Å². The van der Waals surface area contributed by atoms with E-state index < -0.39 is 6.10 Å². The third-order valence-electron chi connectivity index (χ3n) is 5.29. The number of aryl methyl sites for hydroxylation is 1. The van der Waals surface area contributed by atoms with Crippen LogP contribution in [0, 0.1) is 0 Å². The lowest BCUT2D eigenvalue weighted by molar-refractivity contribution is -0.134. The van der Waals surface area contributed by atoms with Crippen LogP contribution in [0.25, 0.3) is 0 Å². The van der Waals surface area contributed by atoms with Gasteiger partial charge in [-0.15, -0.1) is 0 Å². The number of likely N-dealkylation sites (tertiary alicyclic amines) is 1. The Hall–Kier alpha value is -1.47. The van der Waals surface area contributed by atoms with Gasteiger partial charge in [0.25, 0.3) is 0 Å². The molecule has 0 aromatic carbocycles. The molecule has 3 atom stereocenters. The SMILES string of the molecule is CN(C(=O)CCCn1cncn1)[C@@H]1CC[C@@H](N2CCCC2)[C@@H]1O. The molecule has 3 rings (SSSR count). The van der Waals surface area contributed by atoms with Gasteiger partial charge >= 0.3 is 0 Å². The van der Waals surface area contributed by atoms with Crippen molar-refractivity contribution in [1.82, 2.24) is 24.6 Å². The first kappa shape index (κ1) is 16.4. The second kappa shape index (κ2) is 7.40. The van der Waals surface area contributed by atoms with Gasteiger partial charge in [-0.3, -0.25) is 14.4 Å². The highest BCUT2D eigenvalue weighted by molar-refractivity contribution is 5.76. The second-order valence-electron chi connectivity index (χ2n) is 6.71. The molecule has 0 spiro atoms. The first-order valence-corrected chi connectivity index (χ1v) is 8.67. The van der Waals surface area contributed by atoms with Gasteiger partial charge in [0.1, 0.15) is 12.7 Å². The number of hydrogen-bond acceptors (Lipinski definition) is 5. The average Bonchev–Trinajstić information content (AvgIpc) is 3.27. The van der Waals surface area contributed by atoms with Crippen molar-refractivity contribution in [3.05, 3.63) is 12.7 Å². The van der Waals surface area contributed by atoms with Gasteiger partial charge in [0.05, 0.1) is 12.1 Å². The molecule has 1 aliphatic heterocycles. The highest BCUT2D eigenvalue weighted by Gasteiger charge is 2.41. The minimum absolute atomic E-state index is 0.0422. The highest BCUT2D eigenvalue weighted by atomic mass is 16.3. The van der Waals surface area contributed by atoms with Crippen LogP contribution >= 0.6 is 0 Å². The molecule has 1 aliphatic carbocycles. The zero-order valence-electron chi connectivity index (χ0n) is 13.8. The Morgan fingerprint density at radius 3 is 2.83 bits per heavy atom. The number of aliphatic hydroxyl groups is 1. The van der Waals surface area contributed by atoms with Gasteiger partial charge in [0.15, 0.2) is 0 Å². The van der Waals surface area contributed by atoms with E-state index in [4.69, 9.17) is 0 Å².